The Morgan fingerprint density at radius 1 is 1.19 bits per heavy atom. The quantitative estimate of drug-likeness (QED) is 0.658. The summed E-state index contributed by atoms with van der Waals surface area (Å²) in [4.78, 5) is 23.8. The van der Waals surface area contributed by atoms with Gasteiger partial charge >= 0.3 is 0 Å². The number of rotatable bonds is 8. The van der Waals surface area contributed by atoms with Crippen molar-refractivity contribution in [2.45, 2.75) is 44.6 Å². The van der Waals surface area contributed by atoms with E-state index in [1.54, 1.807) is 18.6 Å². The number of benzene rings is 1. The van der Waals surface area contributed by atoms with Gasteiger partial charge in [0.25, 0.3) is 0 Å². The zero-order chi connectivity index (χ0) is 18.4. The van der Waals surface area contributed by atoms with Crippen LogP contribution in [0.1, 0.15) is 38.5 Å². The molecule has 1 aliphatic carbocycles. The maximum absolute atomic E-state index is 12.1. The Kier molecular flexibility index (Phi) is 6.20. The molecule has 1 heterocycles. The van der Waals surface area contributed by atoms with Crippen molar-refractivity contribution in [3.63, 3.8) is 0 Å². The summed E-state index contributed by atoms with van der Waals surface area (Å²) in [5, 5.41) is 5.79. The molecular weight excluding hydrogens is 334 g/mol. The number of nitrogens with two attached hydrogens (primary N) is 1. The fourth-order valence-corrected chi connectivity index (χ4v) is 3.38. The Morgan fingerprint density at radius 3 is 2.73 bits per heavy atom. The number of fused-ring (bicyclic) bond motifs is 1. The van der Waals surface area contributed by atoms with Crippen LogP contribution in [0.15, 0.2) is 18.2 Å². The second-order valence-corrected chi connectivity index (χ2v) is 6.86. The zero-order valence-corrected chi connectivity index (χ0v) is 14.8. The Morgan fingerprint density at radius 2 is 1.96 bits per heavy atom. The molecule has 0 saturated heterocycles. The van der Waals surface area contributed by atoms with E-state index in [9.17, 15) is 9.59 Å². The van der Waals surface area contributed by atoms with Gasteiger partial charge in [0.1, 0.15) is 6.04 Å². The molecule has 7 nitrogen and oxygen atoms in total. The molecule has 0 aromatic heterocycles. The van der Waals surface area contributed by atoms with Gasteiger partial charge in [0.15, 0.2) is 11.5 Å². The fourth-order valence-electron chi connectivity index (χ4n) is 3.38. The third kappa shape index (κ3) is 5.03. The minimum Gasteiger partial charge on any atom is -0.454 e. The third-order valence-corrected chi connectivity index (χ3v) is 4.90. The maximum Gasteiger partial charge on any atom is 0.241 e. The summed E-state index contributed by atoms with van der Waals surface area (Å²) in [6.07, 6.45) is 8.52. The van der Waals surface area contributed by atoms with E-state index in [4.69, 9.17) is 15.2 Å². The van der Waals surface area contributed by atoms with Crippen molar-refractivity contribution in [3.05, 3.63) is 24.6 Å². The molecule has 1 aliphatic heterocycles. The molecule has 2 aliphatic rings. The number of carbonyl (C=O) groups excluding carboxylic acids is 2. The molecule has 3 rings (SSSR count). The van der Waals surface area contributed by atoms with Gasteiger partial charge in [0, 0.05) is 24.7 Å². The van der Waals surface area contributed by atoms with Crippen molar-refractivity contribution < 1.29 is 19.1 Å². The number of amides is 2. The van der Waals surface area contributed by atoms with E-state index in [1.807, 2.05) is 6.07 Å². The Labute approximate surface area is 153 Å². The van der Waals surface area contributed by atoms with Crippen LogP contribution in [0.25, 0.3) is 0 Å². The average Bonchev–Trinajstić information content (AvgIpc) is 3.12. The van der Waals surface area contributed by atoms with E-state index in [0.717, 1.165) is 12.1 Å². The van der Waals surface area contributed by atoms with Crippen molar-refractivity contribution in [3.8, 4) is 11.5 Å². The normalized spacial score (nSPS) is 17.5. The second kappa shape index (κ2) is 8.78. The molecule has 1 aromatic carbocycles. The monoisotopic (exact) mass is 360 g/mol. The molecule has 1 radical (unpaired) electrons. The first kappa shape index (κ1) is 18.4. The molecule has 1 atom stereocenters. The highest BCUT2D eigenvalue weighted by Gasteiger charge is 2.20. The smallest absolute Gasteiger partial charge is 0.241 e. The van der Waals surface area contributed by atoms with Crippen LogP contribution in [0.4, 0.5) is 5.69 Å². The topological polar surface area (TPSA) is 103 Å². The first-order chi connectivity index (χ1) is 12.6. The van der Waals surface area contributed by atoms with Gasteiger partial charge in [-0.2, -0.15) is 0 Å². The molecule has 0 bridgehead atoms. The summed E-state index contributed by atoms with van der Waals surface area (Å²) >= 11 is 0. The van der Waals surface area contributed by atoms with E-state index < -0.39 is 11.9 Å². The summed E-state index contributed by atoms with van der Waals surface area (Å²) in [5.74, 6) is 1.10. The van der Waals surface area contributed by atoms with E-state index in [1.165, 1.54) is 32.1 Å². The Bertz CT molecular complexity index is 644. The molecule has 1 saturated carbocycles. The van der Waals surface area contributed by atoms with Crippen LogP contribution in [0.5, 0.6) is 11.5 Å². The minimum atomic E-state index is -0.782. The molecular formula is C19H26N3O4. The van der Waals surface area contributed by atoms with Gasteiger partial charge in [0.05, 0.1) is 0 Å². The van der Waals surface area contributed by atoms with Crippen LogP contribution >= 0.6 is 0 Å². The zero-order valence-electron chi connectivity index (χ0n) is 14.8. The van der Waals surface area contributed by atoms with Gasteiger partial charge in [-0.05, 0) is 24.5 Å². The van der Waals surface area contributed by atoms with Crippen molar-refractivity contribution in [2.75, 3.05) is 18.7 Å². The molecule has 7 heteroatoms. The van der Waals surface area contributed by atoms with Gasteiger partial charge in [-0.15, -0.1) is 0 Å². The van der Waals surface area contributed by atoms with Crippen LogP contribution in [-0.4, -0.2) is 31.2 Å². The lowest BCUT2D eigenvalue weighted by molar-refractivity contribution is -0.125. The molecule has 26 heavy (non-hydrogen) atoms. The van der Waals surface area contributed by atoms with E-state index in [-0.39, 0.29) is 19.2 Å². The first-order valence-corrected chi connectivity index (χ1v) is 9.18. The van der Waals surface area contributed by atoms with Crippen molar-refractivity contribution in [1.82, 2.24) is 5.32 Å². The van der Waals surface area contributed by atoms with Crippen molar-refractivity contribution >= 4 is 17.5 Å². The summed E-state index contributed by atoms with van der Waals surface area (Å²) in [6.45, 7) is 0.410. The number of hydrogen-bond acceptors (Lipinski definition) is 5. The number of primary amides is 1. The Hall–Kier alpha value is -2.44. The fraction of sp³-hybridized carbons (Fsp3) is 0.526. The average molecular weight is 360 g/mol. The molecule has 1 aromatic rings. The van der Waals surface area contributed by atoms with Gasteiger partial charge in [-0.1, -0.05) is 32.1 Å². The van der Waals surface area contributed by atoms with Crippen LogP contribution in [0, 0.1) is 12.3 Å². The number of hydrogen-bond donors (Lipinski definition) is 3. The van der Waals surface area contributed by atoms with Crippen LogP contribution < -0.4 is 25.8 Å². The number of ether oxygens (including phenoxy) is 2. The van der Waals surface area contributed by atoms with Crippen molar-refractivity contribution in [2.24, 2.45) is 11.7 Å². The number of nitrogens with one attached hydrogen (secondary N) is 2. The van der Waals surface area contributed by atoms with Gasteiger partial charge < -0.3 is 25.8 Å². The highest BCUT2D eigenvalue weighted by atomic mass is 16.7. The lowest BCUT2D eigenvalue weighted by Crippen LogP contribution is -2.48. The summed E-state index contributed by atoms with van der Waals surface area (Å²) in [6, 6.07) is 4.62. The maximum atomic E-state index is 12.1. The summed E-state index contributed by atoms with van der Waals surface area (Å²) in [7, 11) is 0. The summed E-state index contributed by atoms with van der Waals surface area (Å²) in [5.41, 5.74) is 6.19. The number of carbonyl (C=O) groups is 2. The lowest BCUT2D eigenvalue weighted by Gasteiger charge is -2.21. The van der Waals surface area contributed by atoms with Gasteiger partial charge in [0.2, 0.25) is 18.6 Å². The first-order valence-electron chi connectivity index (χ1n) is 9.18. The molecule has 1 fully saturated rings. The van der Waals surface area contributed by atoms with Gasteiger partial charge in [-0.25, -0.2) is 0 Å². The highest BCUT2D eigenvalue weighted by Crippen LogP contribution is 2.34. The summed E-state index contributed by atoms with van der Waals surface area (Å²) < 4.78 is 10.6. The molecule has 1 unspecified atom stereocenters. The Balaban J connectivity index is 1.45. The molecule has 141 valence electrons. The highest BCUT2D eigenvalue weighted by molar-refractivity contribution is 5.91. The van der Waals surface area contributed by atoms with E-state index in [0.29, 0.717) is 17.4 Å². The van der Waals surface area contributed by atoms with Crippen LogP contribution in [-0.2, 0) is 9.59 Å². The van der Waals surface area contributed by atoms with E-state index >= 15 is 0 Å². The van der Waals surface area contributed by atoms with Gasteiger partial charge in [-0.3, -0.25) is 9.59 Å². The SMILES string of the molecule is NC(=O)C(CNc1ccc2c(c1)OCO2)NC(=O)[CH]CC1CCCCC1. The molecule has 2 amide bonds. The second-order valence-electron chi connectivity index (χ2n) is 6.86. The molecule has 0 spiro atoms. The molecule has 4 N–H and O–H groups in total. The van der Waals surface area contributed by atoms with E-state index in [2.05, 4.69) is 10.6 Å². The standard InChI is InChI=1S/C19H26N3O4/c20-19(24)15(22-18(23)9-6-13-4-2-1-3-5-13)11-21-14-7-8-16-17(10-14)26-12-25-16/h7-10,13,15,21H,1-6,11-12H2,(H2,20,24)(H,22,23). The van der Waals surface area contributed by atoms with Crippen molar-refractivity contribution in [1.29, 1.82) is 0 Å². The van der Waals surface area contributed by atoms with Crippen LogP contribution in [0.2, 0.25) is 0 Å². The number of anilines is 1. The predicted molar refractivity (Wildman–Crippen MR) is 97.7 cm³/mol. The largest absolute Gasteiger partial charge is 0.454 e. The lowest BCUT2D eigenvalue weighted by atomic mass is 9.86. The van der Waals surface area contributed by atoms with Crippen LogP contribution in [0.3, 0.4) is 0 Å². The minimum absolute atomic E-state index is 0.204. The predicted octanol–water partition coefficient (Wildman–Crippen LogP) is 1.97. The third-order valence-electron chi connectivity index (χ3n) is 4.90.